The summed E-state index contributed by atoms with van der Waals surface area (Å²) < 4.78 is 46.9. The molecule has 0 unspecified atom stereocenters. The quantitative estimate of drug-likeness (QED) is 0.501. The maximum absolute atomic E-state index is 13.9. The average Bonchev–Trinajstić information content (AvgIpc) is 2.65. The molecule has 0 fully saturated rings. The Kier molecular flexibility index (Phi) is 5.79. The highest BCUT2D eigenvalue weighted by molar-refractivity contribution is 6.29. The van der Waals surface area contributed by atoms with Crippen LogP contribution in [0.25, 0.3) is 11.3 Å². The predicted molar refractivity (Wildman–Crippen MR) is 105 cm³/mol. The van der Waals surface area contributed by atoms with Gasteiger partial charge in [0.25, 0.3) is 0 Å². The van der Waals surface area contributed by atoms with Crippen LogP contribution in [0, 0.1) is 6.92 Å². The molecule has 0 aliphatic rings. The molecule has 3 nitrogen and oxygen atoms in total. The van der Waals surface area contributed by atoms with E-state index in [-0.39, 0.29) is 23.1 Å². The Hall–Kier alpha value is -2.73. The number of anilines is 1. The third-order valence-electron chi connectivity index (χ3n) is 4.31. The lowest BCUT2D eigenvalue weighted by molar-refractivity contribution is -0.136. The number of pyridine rings is 1. The van der Waals surface area contributed by atoms with E-state index >= 15 is 0 Å². The van der Waals surface area contributed by atoms with Crippen LogP contribution in [0.1, 0.15) is 16.7 Å². The van der Waals surface area contributed by atoms with Crippen molar-refractivity contribution >= 4 is 17.3 Å². The van der Waals surface area contributed by atoms with Crippen LogP contribution in [0.2, 0.25) is 5.15 Å². The lowest BCUT2D eigenvalue weighted by Gasteiger charge is -2.19. The number of methoxy groups -OCH3 is 1. The number of aromatic nitrogens is 1. The van der Waals surface area contributed by atoms with Crippen LogP contribution < -0.4 is 10.1 Å². The summed E-state index contributed by atoms with van der Waals surface area (Å²) in [6, 6.07) is 15.1. The van der Waals surface area contributed by atoms with Crippen molar-refractivity contribution < 1.29 is 17.9 Å². The van der Waals surface area contributed by atoms with E-state index in [4.69, 9.17) is 16.3 Å². The number of nitrogens with zero attached hydrogens (tertiary/aromatic N) is 1. The summed E-state index contributed by atoms with van der Waals surface area (Å²) in [4.78, 5) is 4.00. The summed E-state index contributed by atoms with van der Waals surface area (Å²) >= 11 is 6.06. The fourth-order valence-corrected chi connectivity index (χ4v) is 3.11. The molecule has 0 spiro atoms. The van der Waals surface area contributed by atoms with E-state index < -0.39 is 11.7 Å². The van der Waals surface area contributed by atoms with Gasteiger partial charge in [0.15, 0.2) is 0 Å². The van der Waals surface area contributed by atoms with Crippen molar-refractivity contribution in [1.82, 2.24) is 4.98 Å². The van der Waals surface area contributed by atoms with Crippen molar-refractivity contribution in [2.75, 3.05) is 12.4 Å². The number of hydrogen-bond acceptors (Lipinski definition) is 3. The Labute approximate surface area is 166 Å². The van der Waals surface area contributed by atoms with Crippen molar-refractivity contribution in [1.29, 1.82) is 0 Å². The maximum atomic E-state index is 13.9. The first-order chi connectivity index (χ1) is 13.3. The maximum Gasteiger partial charge on any atom is 0.420 e. The Morgan fingerprint density at radius 1 is 1.07 bits per heavy atom. The molecule has 3 aromatic rings. The molecule has 1 aromatic heterocycles. The van der Waals surface area contributed by atoms with Gasteiger partial charge in [-0.05, 0) is 36.2 Å². The van der Waals surface area contributed by atoms with E-state index in [0.29, 0.717) is 16.9 Å². The first kappa shape index (κ1) is 20.0. The minimum Gasteiger partial charge on any atom is -0.497 e. The SMILES string of the molecule is COc1ccc(CNc2cc(Cl)nc(-c3ccccc3C)c2C(F)(F)F)cc1. The molecule has 0 aliphatic heterocycles. The van der Waals surface area contributed by atoms with Gasteiger partial charge in [-0.15, -0.1) is 0 Å². The van der Waals surface area contributed by atoms with E-state index in [2.05, 4.69) is 10.3 Å². The second-order valence-electron chi connectivity index (χ2n) is 6.23. The monoisotopic (exact) mass is 406 g/mol. The van der Waals surface area contributed by atoms with Gasteiger partial charge in [0, 0.05) is 12.1 Å². The summed E-state index contributed by atoms with van der Waals surface area (Å²) in [5.74, 6) is 0.675. The zero-order valence-electron chi connectivity index (χ0n) is 15.3. The van der Waals surface area contributed by atoms with Gasteiger partial charge in [0.1, 0.15) is 16.5 Å². The highest BCUT2D eigenvalue weighted by atomic mass is 35.5. The van der Waals surface area contributed by atoms with Crippen LogP contribution in [0.3, 0.4) is 0 Å². The molecule has 7 heteroatoms. The second kappa shape index (κ2) is 8.10. The Balaban J connectivity index is 2.03. The van der Waals surface area contributed by atoms with Crippen LogP contribution in [-0.4, -0.2) is 12.1 Å². The molecule has 0 radical (unpaired) electrons. The van der Waals surface area contributed by atoms with E-state index in [1.165, 1.54) is 6.07 Å². The number of aryl methyl sites for hydroxylation is 1. The minimum atomic E-state index is -4.60. The van der Waals surface area contributed by atoms with Crippen LogP contribution in [0.15, 0.2) is 54.6 Å². The van der Waals surface area contributed by atoms with Gasteiger partial charge in [0.05, 0.1) is 18.5 Å². The van der Waals surface area contributed by atoms with Gasteiger partial charge in [-0.3, -0.25) is 0 Å². The van der Waals surface area contributed by atoms with Crippen LogP contribution >= 0.6 is 11.6 Å². The Bertz CT molecular complexity index is 972. The fraction of sp³-hybridized carbons (Fsp3) is 0.190. The lowest BCUT2D eigenvalue weighted by Crippen LogP contribution is -2.14. The van der Waals surface area contributed by atoms with E-state index in [1.54, 1.807) is 62.6 Å². The summed E-state index contributed by atoms with van der Waals surface area (Å²) in [7, 11) is 1.55. The predicted octanol–water partition coefficient (Wildman–Crippen LogP) is 6.35. The minimum absolute atomic E-state index is 0.0107. The number of rotatable bonds is 5. The van der Waals surface area contributed by atoms with Crippen molar-refractivity contribution in [2.24, 2.45) is 0 Å². The molecule has 0 amide bonds. The fourth-order valence-electron chi connectivity index (χ4n) is 2.91. The Morgan fingerprint density at radius 3 is 2.36 bits per heavy atom. The first-order valence-corrected chi connectivity index (χ1v) is 8.88. The molecule has 0 saturated carbocycles. The van der Waals surface area contributed by atoms with Gasteiger partial charge >= 0.3 is 6.18 Å². The smallest absolute Gasteiger partial charge is 0.420 e. The molecule has 0 bridgehead atoms. The number of halogens is 4. The summed E-state index contributed by atoms with van der Waals surface area (Å²) in [5, 5.41) is 2.85. The van der Waals surface area contributed by atoms with Crippen LogP contribution in [0.4, 0.5) is 18.9 Å². The molecule has 28 heavy (non-hydrogen) atoms. The highest BCUT2D eigenvalue weighted by Gasteiger charge is 2.38. The third-order valence-corrected chi connectivity index (χ3v) is 4.51. The van der Waals surface area contributed by atoms with Gasteiger partial charge in [0.2, 0.25) is 0 Å². The third kappa shape index (κ3) is 4.39. The highest BCUT2D eigenvalue weighted by Crippen LogP contribution is 2.42. The van der Waals surface area contributed by atoms with Crippen LogP contribution in [0.5, 0.6) is 5.75 Å². The van der Waals surface area contributed by atoms with E-state index in [0.717, 1.165) is 5.56 Å². The molecular formula is C21H18ClF3N2O. The normalized spacial score (nSPS) is 11.4. The van der Waals surface area contributed by atoms with Crippen molar-refractivity contribution in [2.45, 2.75) is 19.6 Å². The molecule has 146 valence electrons. The van der Waals surface area contributed by atoms with Crippen molar-refractivity contribution in [3.8, 4) is 17.0 Å². The van der Waals surface area contributed by atoms with Crippen LogP contribution in [-0.2, 0) is 12.7 Å². The summed E-state index contributed by atoms with van der Waals surface area (Å²) in [5.41, 5.74) is 0.754. The van der Waals surface area contributed by atoms with Gasteiger partial charge in [-0.25, -0.2) is 4.98 Å². The topological polar surface area (TPSA) is 34.1 Å². The van der Waals surface area contributed by atoms with Gasteiger partial charge in [-0.1, -0.05) is 48.0 Å². The zero-order chi connectivity index (χ0) is 20.3. The number of hydrogen-bond donors (Lipinski definition) is 1. The molecule has 3 rings (SSSR count). The lowest BCUT2D eigenvalue weighted by atomic mass is 9.99. The molecule has 2 aromatic carbocycles. The summed E-state index contributed by atoms with van der Waals surface area (Å²) in [6.45, 7) is 1.93. The second-order valence-corrected chi connectivity index (χ2v) is 6.62. The zero-order valence-corrected chi connectivity index (χ0v) is 16.0. The standard InChI is InChI=1S/C21H18ClF3N2O/c1-13-5-3-4-6-16(13)20-19(21(23,24)25)17(11-18(22)27-20)26-12-14-7-9-15(28-2)10-8-14/h3-11H,12H2,1-2H3,(H,26,27). The average molecular weight is 407 g/mol. The molecule has 1 heterocycles. The number of nitrogens with one attached hydrogen (secondary N) is 1. The molecule has 1 N–H and O–H groups in total. The Morgan fingerprint density at radius 2 is 1.75 bits per heavy atom. The molecule has 0 aliphatic carbocycles. The van der Waals surface area contributed by atoms with Gasteiger partial charge < -0.3 is 10.1 Å². The van der Waals surface area contributed by atoms with Gasteiger partial charge in [-0.2, -0.15) is 13.2 Å². The number of benzene rings is 2. The number of ether oxygens (including phenoxy) is 1. The van der Waals surface area contributed by atoms with E-state index in [9.17, 15) is 13.2 Å². The largest absolute Gasteiger partial charge is 0.497 e. The van der Waals surface area contributed by atoms with E-state index in [1.807, 2.05) is 0 Å². The van der Waals surface area contributed by atoms with Crippen molar-refractivity contribution in [3.63, 3.8) is 0 Å². The molecular weight excluding hydrogens is 389 g/mol. The molecule has 0 saturated heterocycles. The number of alkyl halides is 3. The summed E-state index contributed by atoms with van der Waals surface area (Å²) in [6.07, 6.45) is -4.60. The van der Waals surface area contributed by atoms with Crippen molar-refractivity contribution in [3.05, 3.63) is 76.4 Å². The molecule has 0 atom stereocenters. The first-order valence-electron chi connectivity index (χ1n) is 8.50.